The molecule has 0 fully saturated rings. The van der Waals surface area contributed by atoms with Crippen LogP contribution in [0.1, 0.15) is 15.9 Å². The quantitative estimate of drug-likeness (QED) is 0.311. The molecule has 4 rings (SSSR count). The van der Waals surface area contributed by atoms with Gasteiger partial charge >= 0.3 is 0 Å². The van der Waals surface area contributed by atoms with Crippen LogP contribution >= 0.6 is 0 Å². The molecule has 0 saturated heterocycles. The molecule has 0 aliphatic carbocycles. The third-order valence-corrected chi connectivity index (χ3v) is 4.42. The molecule has 0 saturated carbocycles. The lowest BCUT2D eigenvalue weighted by Crippen LogP contribution is -2.18. The minimum atomic E-state index is -0.500. The zero-order valence-corrected chi connectivity index (χ0v) is 15.6. The number of carbonyl (C=O) groups excluding carboxylic acids is 1. The normalized spacial score (nSPS) is 10.9. The summed E-state index contributed by atoms with van der Waals surface area (Å²) in [6.45, 7) is 0. The lowest BCUT2D eigenvalue weighted by Gasteiger charge is -2.08. The lowest BCUT2D eigenvalue weighted by molar-refractivity contribution is -0.385. The Balaban J connectivity index is 1.67. The molecule has 0 atom stereocenters. The van der Waals surface area contributed by atoms with Crippen molar-refractivity contribution in [1.29, 1.82) is 0 Å². The average Bonchev–Trinajstić information content (AvgIpc) is 2.79. The Labute approximate surface area is 171 Å². The van der Waals surface area contributed by atoms with Crippen LogP contribution in [0.3, 0.4) is 0 Å². The van der Waals surface area contributed by atoms with E-state index < -0.39 is 10.8 Å². The SMILES string of the molecule is O=C(NN=Cc1ccccc1[N+](=O)[O-])c1cc(-c2cccnc2)nc2ccccc12. The number of hydrazone groups is 1. The second-order valence-electron chi connectivity index (χ2n) is 6.33. The van der Waals surface area contributed by atoms with Gasteiger partial charge in [0.2, 0.25) is 0 Å². The summed E-state index contributed by atoms with van der Waals surface area (Å²) in [5.41, 5.74) is 5.08. The van der Waals surface area contributed by atoms with Gasteiger partial charge in [-0.15, -0.1) is 0 Å². The molecular formula is C22H15N5O3. The van der Waals surface area contributed by atoms with Crippen LogP contribution in [0.4, 0.5) is 5.69 Å². The van der Waals surface area contributed by atoms with Gasteiger partial charge in [0, 0.05) is 29.4 Å². The molecule has 0 spiro atoms. The van der Waals surface area contributed by atoms with Crippen LogP contribution in [-0.4, -0.2) is 27.0 Å². The molecule has 2 aromatic heterocycles. The van der Waals surface area contributed by atoms with E-state index >= 15 is 0 Å². The summed E-state index contributed by atoms with van der Waals surface area (Å²) in [5, 5.41) is 15.7. The molecule has 1 N–H and O–H groups in total. The van der Waals surface area contributed by atoms with Gasteiger partial charge in [-0.05, 0) is 30.3 Å². The van der Waals surface area contributed by atoms with Crippen molar-refractivity contribution < 1.29 is 9.72 Å². The van der Waals surface area contributed by atoms with E-state index in [1.54, 1.807) is 48.8 Å². The third kappa shape index (κ3) is 3.88. The van der Waals surface area contributed by atoms with E-state index in [0.717, 1.165) is 5.56 Å². The summed E-state index contributed by atoms with van der Waals surface area (Å²) in [5.74, 6) is -0.450. The highest BCUT2D eigenvalue weighted by Crippen LogP contribution is 2.24. The number of amides is 1. The summed E-state index contributed by atoms with van der Waals surface area (Å²) in [6, 6.07) is 18.8. The molecule has 1 amide bonds. The largest absolute Gasteiger partial charge is 0.278 e. The monoisotopic (exact) mass is 397 g/mol. The van der Waals surface area contributed by atoms with E-state index in [9.17, 15) is 14.9 Å². The minimum absolute atomic E-state index is 0.0938. The number of benzene rings is 2. The van der Waals surface area contributed by atoms with Gasteiger partial charge in [0.15, 0.2) is 0 Å². The minimum Gasteiger partial charge on any atom is -0.267 e. The van der Waals surface area contributed by atoms with Crippen LogP contribution in [-0.2, 0) is 0 Å². The van der Waals surface area contributed by atoms with Crippen LogP contribution in [0.25, 0.3) is 22.2 Å². The molecule has 30 heavy (non-hydrogen) atoms. The van der Waals surface area contributed by atoms with Gasteiger partial charge in [-0.1, -0.05) is 30.3 Å². The van der Waals surface area contributed by atoms with Gasteiger partial charge in [-0.2, -0.15) is 5.10 Å². The van der Waals surface area contributed by atoms with Crippen LogP contribution in [0.15, 0.2) is 84.2 Å². The number of para-hydroxylation sites is 2. The summed E-state index contributed by atoms with van der Waals surface area (Å²) >= 11 is 0. The first-order valence-electron chi connectivity index (χ1n) is 9.00. The lowest BCUT2D eigenvalue weighted by atomic mass is 10.0. The van der Waals surface area contributed by atoms with Gasteiger partial charge < -0.3 is 0 Å². The Morgan fingerprint density at radius 1 is 1.07 bits per heavy atom. The Morgan fingerprint density at radius 3 is 2.67 bits per heavy atom. The highest BCUT2D eigenvalue weighted by molar-refractivity contribution is 6.07. The highest BCUT2D eigenvalue weighted by atomic mass is 16.6. The number of hydrogen-bond acceptors (Lipinski definition) is 6. The summed E-state index contributed by atoms with van der Waals surface area (Å²) in [6.07, 6.45) is 4.59. The fraction of sp³-hybridized carbons (Fsp3) is 0. The van der Waals surface area contributed by atoms with E-state index in [0.29, 0.717) is 27.7 Å². The molecule has 146 valence electrons. The molecule has 0 aliphatic rings. The summed E-state index contributed by atoms with van der Waals surface area (Å²) < 4.78 is 0. The Kier molecular flexibility index (Phi) is 5.21. The standard InChI is InChI=1S/C22H15N5O3/c28-22(26-24-14-16-6-1-4-10-21(16)27(29)30)18-12-20(15-7-5-11-23-13-15)25-19-9-3-2-8-17(18)19/h1-14H,(H,26,28). The third-order valence-electron chi connectivity index (χ3n) is 4.42. The number of pyridine rings is 2. The van der Waals surface area contributed by atoms with Gasteiger partial charge in [0.05, 0.1) is 33.5 Å². The second-order valence-corrected chi connectivity index (χ2v) is 6.33. The predicted octanol–water partition coefficient (Wildman–Crippen LogP) is 3.97. The molecule has 0 unspecified atom stereocenters. The molecule has 4 aromatic rings. The first kappa shape index (κ1) is 18.9. The number of fused-ring (bicyclic) bond motifs is 1. The van der Waals surface area contributed by atoms with Crippen molar-refractivity contribution in [3.8, 4) is 11.3 Å². The van der Waals surface area contributed by atoms with E-state index in [1.165, 1.54) is 12.3 Å². The fourth-order valence-electron chi connectivity index (χ4n) is 3.01. The maximum Gasteiger partial charge on any atom is 0.278 e. The topological polar surface area (TPSA) is 110 Å². The van der Waals surface area contributed by atoms with Crippen molar-refractivity contribution in [3.63, 3.8) is 0 Å². The highest BCUT2D eigenvalue weighted by Gasteiger charge is 2.14. The zero-order chi connectivity index (χ0) is 20.9. The Bertz CT molecular complexity index is 1270. The molecule has 0 radical (unpaired) electrons. The smallest absolute Gasteiger partial charge is 0.267 e. The van der Waals surface area contributed by atoms with E-state index in [4.69, 9.17) is 0 Å². The van der Waals surface area contributed by atoms with Gasteiger partial charge in [-0.3, -0.25) is 19.9 Å². The zero-order valence-electron chi connectivity index (χ0n) is 15.6. The van der Waals surface area contributed by atoms with Crippen molar-refractivity contribution in [2.45, 2.75) is 0 Å². The first-order valence-corrected chi connectivity index (χ1v) is 9.00. The van der Waals surface area contributed by atoms with Crippen LogP contribution in [0.2, 0.25) is 0 Å². The molecule has 8 nitrogen and oxygen atoms in total. The van der Waals surface area contributed by atoms with E-state index in [1.807, 2.05) is 24.3 Å². The molecule has 0 bridgehead atoms. The number of carbonyl (C=O) groups is 1. The summed E-state index contributed by atoms with van der Waals surface area (Å²) in [4.78, 5) is 32.2. The molecule has 2 heterocycles. The maximum absolute atomic E-state index is 12.8. The van der Waals surface area contributed by atoms with Crippen LogP contribution in [0, 0.1) is 10.1 Å². The number of nitrogens with zero attached hydrogens (tertiary/aromatic N) is 4. The average molecular weight is 397 g/mol. The van der Waals surface area contributed by atoms with Crippen molar-refractivity contribution in [1.82, 2.24) is 15.4 Å². The molecule has 2 aromatic carbocycles. The Hall–Kier alpha value is -4.46. The summed E-state index contributed by atoms with van der Waals surface area (Å²) in [7, 11) is 0. The first-order chi connectivity index (χ1) is 14.6. The maximum atomic E-state index is 12.8. The van der Waals surface area contributed by atoms with Crippen molar-refractivity contribution in [2.24, 2.45) is 5.10 Å². The number of rotatable bonds is 5. The van der Waals surface area contributed by atoms with Crippen LogP contribution < -0.4 is 5.43 Å². The fourth-order valence-corrected chi connectivity index (χ4v) is 3.01. The molecular weight excluding hydrogens is 382 g/mol. The van der Waals surface area contributed by atoms with Crippen molar-refractivity contribution in [2.75, 3.05) is 0 Å². The van der Waals surface area contributed by atoms with Crippen molar-refractivity contribution in [3.05, 3.63) is 100 Å². The van der Waals surface area contributed by atoms with E-state index in [2.05, 4.69) is 20.5 Å². The second kappa shape index (κ2) is 8.27. The van der Waals surface area contributed by atoms with Crippen molar-refractivity contribution >= 4 is 28.7 Å². The van der Waals surface area contributed by atoms with Gasteiger partial charge in [0.25, 0.3) is 11.6 Å². The number of aromatic nitrogens is 2. The molecule has 8 heteroatoms. The number of nitrogens with one attached hydrogen (secondary N) is 1. The molecule has 0 aliphatic heterocycles. The van der Waals surface area contributed by atoms with Gasteiger partial charge in [0.1, 0.15) is 0 Å². The van der Waals surface area contributed by atoms with Gasteiger partial charge in [-0.25, -0.2) is 10.4 Å². The van der Waals surface area contributed by atoms with Crippen LogP contribution in [0.5, 0.6) is 0 Å². The Morgan fingerprint density at radius 2 is 1.87 bits per heavy atom. The number of hydrogen-bond donors (Lipinski definition) is 1. The number of nitro benzene ring substituents is 1. The predicted molar refractivity (Wildman–Crippen MR) is 113 cm³/mol. The van der Waals surface area contributed by atoms with E-state index in [-0.39, 0.29) is 5.69 Å². The number of nitro groups is 1.